The smallest absolute Gasteiger partial charge is 0.410 e. The van der Waals surface area contributed by atoms with Crippen LogP contribution in [0.1, 0.15) is 65.7 Å². The summed E-state index contributed by atoms with van der Waals surface area (Å²) in [6, 6.07) is 13.0. The highest BCUT2D eigenvalue weighted by molar-refractivity contribution is 5.98. The molecule has 2 aromatic rings. The second kappa shape index (κ2) is 12.5. The molecule has 2 heterocycles. The monoisotopic (exact) mass is 496 g/mol. The van der Waals surface area contributed by atoms with Crippen LogP contribution in [0.5, 0.6) is 0 Å². The Morgan fingerprint density at radius 1 is 1.14 bits per heavy atom. The lowest BCUT2D eigenvalue weighted by Crippen LogP contribution is -2.47. The Morgan fingerprint density at radius 2 is 1.89 bits per heavy atom. The fourth-order valence-corrected chi connectivity index (χ4v) is 3.88. The fraction of sp³-hybridized carbons (Fsp3) is 0.481. The van der Waals surface area contributed by atoms with Crippen LogP contribution in [0.3, 0.4) is 0 Å². The highest BCUT2D eigenvalue weighted by atomic mass is 16.6. The van der Waals surface area contributed by atoms with Gasteiger partial charge in [-0.1, -0.05) is 30.3 Å². The lowest BCUT2D eigenvalue weighted by Gasteiger charge is -2.34. The van der Waals surface area contributed by atoms with Crippen molar-refractivity contribution < 1.29 is 23.9 Å². The largest absolute Gasteiger partial charge is 0.444 e. The van der Waals surface area contributed by atoms with Gasteiger partial charge in [-0.15, -0.1) is 0 Å². The van der Waals surface area contributed by atoms with Gasteiger partial charge in [-0.05, 0) is 51.3 Å². The molecule has 1 aliphatic heterocycles. The van der Waals surface area contributed by atoms with Crippen molar-refractivity contribution in [1.29, 1.82) is 0 Å². The van der Waals surface area contributed by atoms with Crippen LogP contribution in [-0.4, -0.2) is 72.8 Å². The number of ether oxygens (including phenoxy) is 2. The Morgan fingerprint density at radius 3 is 2.58 bits per heavy atom. The van der Waals surface area contributed by atoms with Crippen molar-refractivity contribution in [3.05, 3.63) is 65.0 Å². The van der Waals surface area contributed by atoms with E-state index in [2.05, 4.69) is 15.6 Å². The number of rotatable bonds is 8. The average molecular weight is 497 g/mol. The molecular formula is C27H36N4O5. The van der Waals surface area contributed by atoms with Crippen molar-refractivity contribution >= 4 is 17.9 Å². The zero-order valence-corrected chi connectivity index (χ0v) is 21.5. The maximum atomic E-state index is 12.9. The Labute approximate surface area is 212 Å². The number of hydrogen-bond acceptors (Lipinski definition) is 6. The number of amides is 3. The van der Waals surface area contributed by atoms with Gasteiger partial charge in [0.2, 0.25) is 0 Å². The molecule has 0 spiro atoms. The van der Waals surface area contributed by atoms with Gasteiger partial charge in [0.25, 0.3) is 11.8 Å². The summed E-state index contributed by atoms with van der Waals surface area (Å²) in [5.74, 6) is -0.611. The molecule has 0 radical (unpaired) electrons. The van der Waals surface area contributed by atoms with Crippen molar-refractivity contribution in [3.63, 3.8) is 0 Å². The number of nitrogens with one attached hydrogen (secondary N) is 2. The molecule has 9 nitrogen and oxygen atoms in total. The molecule has 3 amide bonds. The summed E-state index contributed by atoms with van der Waals surface area (Å²) in [6.45, 7) is 7.40. The predicted octanol–water partition coefficient (Wildman–Crippen LogP) is 3.18. The lowest BCUT2D eigenvalue weighted by atomic mass is 10.1. The van der Waals surface area contributed by atoms with Gasteiger partial charge in [-0.25, -0.2) is 9.78 Å². The fourth-order valence-electron chi connectivity index (χ4n) is 3.88. The van der Waals surface area contributed by atoms with E-state index in [9.17, 15) is 14.4 Å². The average Bonchev–Trinajstić information content (AvgIpc) is 2.85. The number of carbonyl (C=O) groups excluding carboxylic acids is 3. The third-order valence-electron chi connectivity index (χ3n) is 5.61. The molecule has 1 aliphatic rings. The minimum Gasteiger partial charge on any atom is -0.444 e. The summed E-state index contributed by atoms with van der Waals surface area (Å²) < 4.78 is 11.2. The van der Waals surface area contributed by atoms with E-state index in [0.29, 0.717) is 56.8 Å². The topological polar surface area (TPSA) is 110 Å². The Balaban J connectivity index is 1.54. The molecule has 2 N–H and O–H groups in total. The van der Waals surface area contributed by atoms with E-state index in [-0.39, 0.29) is 29.7 Å². The number of carbonyl (C=O) groups is 3. The molecule has 36 heavy (non-hydrogen) atoms. The van der Waals surface area contributed by atoms with Crippen LogP contribution in [0, 0.1) is 0 Å². The van der Waals surface area contributed by atoms with Crippen molar-refractivity contribution in [3.8, 4) is 0 Å². The number of benzene rings is 1. The molecule has 0 unspecified atom stereocenters. The number of morpholine rings is 1. The Kier molecular flexibility index (Phi) is 9.41. The molecule has 0 saturated carbocycles. The summed E-state index contributed by atoms with van der Waals surface area (Å²) in [7, 11) is 1.53. The molecule has 1 saturated heterocycles. The molecule has 0 aliphatic carbocycles. The molecule has 0 bridgehead atoms. The summed E-state index contributed by atoms with van der Waals surface area (Å²) in [5.41, 5.74) is 1.73. The third-order valence-corrected chi connectivity index (χ3v) is 5.61. The van der Waals surface area contributed by atoms with Crippen molar-refractivity contribution in [2.75, 3.05) is 33.3 Å². The van der Waals surface area contributed by atoms with Gasteiger partial charge < -0.3 is 25.0 Å². The Hall–Kier alpha value is -3.46. The zero-order chi connectivity index (χ0) is 26.1. The van der Waals surface area contributed by atoms with Crippen LogP contribution in [0.15, 0.2) is 42.5 Å². The van der Waals surface area contributed by atoms with Crippen LogP contribution in [0.25, 0.3) is 0 Å². The Bertz CT molecular complexity index is 1050. The maximum absolute atomic E-state index is 12.9. The summed E-state index contributed by atoms with van der Waals surface area (Å²) in [6.07, 6.45) is 1.45. The van der Waals surface area contributed by atoms with Gasteiger partial charge in [0.05, 0.1) is 19.3 Å². The van der Waals surface area contributed by atoms with Crippen LogP contribution < -0.4 is 10.6 Å². The first-order valence-electron chi connectivity index (χ1n) is 12.3. The van der Waals surface area contributed by atoms with Crippen LogP contribution in [-0.2, 0) is 15.9 Å². The first kappa shape index (κ1) is 27.1. The van der Waals surface area contributed by atoms with Gasteiger partial charge in [0.1, 0.15) is 11.3 Å². The first-order valence-corrected chi connectivity index (χ1v) is 12.3. The quantitative estimate of drug-likeness (QED) is 0.543. The van der Waals surface area contributed by atoms with Gasteiger partial charge >= 0.3 is 6.09 Å². The van der Waals surface area contributed by atoms with E-state index in [1.807, 2.05) is 51.1 Å². The van der Waals surface area contributed by atoms with Crippen molar-refractivity contribution in [2.24, 2.45) is 0 Å². The third kappa shape index (κ3) is 8.34. The predicted molar refractivity (Wildman–Crippen MR) is 136 cm³/mol. The van der Waals surface area contributed by atoms with Crippen molar-refractivity contribution in [1.82, 2.24) is 20.5 Å². The second-order valence-electron chi connectivity index (χ2n) is 9.79. The standard InChI is InChI=1S/C27H36N4O5/c1-27(2,3)36-26(34)31-13-14-35-22(18-31)11-8-12-29-24(32)20-16-21(15-19-9-6-5-7-10-19)30-23(17-20)25(33)28-4/h5-7,9-10,16-17,22H,8,11-15,18H2,1-4H3,(H,28,33)(H,29,32)/t22-/m0/s1. The van der Waals surface area contributed by atoms with Gasteiger partial charge in [0, 0.05) is 37.8 Å². The van der Waals surface area contributed by atoms with Gasteiger partial charge in [-0.3, -0.25) is 9.59 Å². The molecule has 1 atom stereocenters. The number of nitrogens with zero attached hydrogens (tertiary/aromatic N) is 2. The molecule has 1 fully saturated rings. The van der Waals surface area contributed by atoms with Crippen LogP contribution >= 0.6 is 0 Å². The van der Waals surface area contributed by atoms with Gasteiger partial charge in [-0.2, -0.15) is 0 Å². The maximum Gasteiger partial charge on any atom is 0.410 e. The zero-order valence-electron chi connectivity index (χ0n) is 21.5. The SMILES string of the molecule is CNC(=O)c1cc(C(=O)NCCC[C@H]2CN(C(=O)OC(C)(C)C)CCO2)cc(Cc2ccccc2)n1. The molecular weight excluding hydrogens is 460 g/mol. The number of aromatic nitrogens is 1. The summed E-state index contributed by atoms with van der Waals surface area (Å²) >= 11 is 0. The van der Waals surface area contributed by atoms with E-state index in [4.69, 9.17) is 9.47 Å². The molecule has 1 aromatic heterocycles. The second-order valence-corrected chi connectivity index (χ2v) is 9.79. The van der Waals surface area contributed by atoms with Crippen molar-refractivity contribution in [2.45, 2.75) is 51.7 Å². The van der Waals surface area contributed by atoms with E-state index < -0.39 is 5.60 Å². The highest BCUT2D eigenvalue weighted by Crippen LogP contribution is 2.16. The summed E-state index contributed by atoms with van der Waals surface area (Å²) in [4.78, 5) is 43.5. The first-order chi connectivity index (χ1) is 17.1. The molecule has 9 heteroatoms. The van der Waals surface area contributed by atoms with Crippen LogP contribution in [0.4, 0.5) is 4.79 Å². The number of hydrogen-bond donors (Lipinski definition) is 2. The van der Waals surface area contributed by atoms with E-state index >= 15 is 0 Å². The minimum atomic E-state index is -0.541. The minimum absolute atomic E-state index is 0.110. The van der Waals surface area contributed by atoms with E-state index in [1.165, 1.54) is 13.1 Å². The van der Waals surface area contributed by atoms with E-state index in [1.54, 1.807) is 11.0 Å². The molecule has 194 valence electrons. The highest BCUT2D eigenvalue weighted by Gasteiger charge is 2.28. The van der Waals surface area contributed by atoms with Crippen LogP contribution in [0.2, 0.25) is 0 Å². The lowest BCUT2D eigenvalue weighted by molar-refractivity contribution is -0.0449. The molecule has 3 rings (SSSR count). The number of pyridine rings is 1. The summed E-state index contributed by atoms with van der Waals surface area (Å²) in [5, 5.41) is 5.49. The van der Waals surface area contributed by atoms with Gasteiger partial charge in [0.15, 0.2) is 0 Å². The van der Waals surface area contributed by atoms with E-state index in [0.717, 1.165) is 5.56 Å². The normalized spacial score (nSPS) is 15.8. The molecule has 1 aromatic carbocycles.